The summed E-state index contributed by atoms with van der Waals surface area (Å²) in [6, 6.07) is 1.01. The molecule has 2 N–H and O–H groups in total. The lowest BCUT2D eigenvalue weighted by Crippen LogP contribution is -2.45. The van der Waals surface area contributed by atoms with Crippen LogP contribution in [0.15, 0.2) is 0 Å². The Morgan fingerprint density at radius 1 is 1.21 bits per heavy atom. The van der Waals surface area contributed by atoms with Crippen LogP contribution in [0.25, 0.3) is 0 Å². The van der Waals surface area contributed by atoms with Gasteiger partial charge in [-0.3, -0.25) is 0 Å². The molecule has 2 fully saturated rings. The van der Waals surface area contributed by atoms with Crippen LogP contribution in [0.3, 0.4) is 0 Å². The molecule has 0 radical (unpaired) electrons. The van der Waals surface area contributed by atoms with E-state index in [1.54, 1.807) is 0 Å². The number of piperidine rings is 1. The predicted octanol–water partition coefficient (Wildman–Crippen LogP) is 0.585. The van der Waals surface area contributed by atoms with Crippen LogP contribution in [0.1, 0.15) is 32.1 Å². The van der Waals surface area contributed by atoms with E-state index in [4.69, 9.17) is 0 Å². The summed E-state index contributed by atoms with van der Waals surface area (Å²) in [5.41, 5.74) is 0. The summed E-state index contributed by atoms with van der Waals surface area (Å²) in [5.74, 6) is 0. The molecule has 1 unspecified atom stereocenters. The molecular weight excluding hydrogens is 176 g/mol. The van der Waals surface area contributed by atoms with Crippen LogP contribution >= 0.6 is 0 Å². The first-order valence-corrected chi connectivity index (χ1v) is 5.98. The number of nitrogens with one attached hydrogen (secondary N) is 1. The highest BCUT2D eigenvalue weighted by Gasteiger charge is 2.25. The van der Waals surface area contributed by atoms with Crippen molar-refractivity contribution >= 4 is 0 Å². The summed E-state index contributed by atoms with van der Waals surface area (Å²) in [5, 5.41) is 12.7. The van der Waals surface area contributed by atoms with Crippen molar-refractivity contribution < 1.29 is 5.11 Å². The number of rotatable bonds is 5. The summed E-state index contributed by atoms with van der Waals surface area (Å²) in [7, 11) is 0. The third-order valence-corrected chi connectivity index (χ3v) is 3.20. The van der Waals surface area contributed by atoms with Crippen molar-refractivity contribution in [1.82, 2.24) is 10.2 Å². The zero-order valence-electron chi connectivity index (χ0n) is 8.91. The molecule has 3 nitrogen and oxygen atoms in total. The van der Waals surface area contributed by atoms with Crippen molar-refractivity contribution in [3.05, 3.63) is 0 Å². The summed E-state index contributed by atoms with van der Waals surface area (Å²) >= 11 is 0. The van der Waals surface area contributed by atoms with E-state index in [1.807, 2.05) is 0 Å². The van der Waals surface area contributed by atoms with Crippen LogP contribution in [-0.2, 0) is 0 Å². The van der Waals surface area contributed by atoms with Gasteiger partial charge in [0.15, 0.2) is 0 Å². The average molecular weight is 198 g/mol. The average Bonchev–Trinajstić information content (AvgIpc) is 3.02. The van der Waals surface area contributed by atoms with Gasteiger partial charge in [-0.15, -0.1) is 0 Å². The van der Waals surface area contributed by atoms with E-state index in [0.29, 0.717) is 12.1 Å². The van der Waals surface area contributed by atoms with Crippen molar-refractivity contribution in [1.29, 1.82) is 0 Å². The molecule has 14 heavy (non-hydrogen) atoms. The number of nitrogens with zero attached hydrogens (tertiary/aromatic N) is 1. The molecule has 2 rings (SSSR count). The minimum atomic E-state index is 0.285. The van der Waals surface area contributed by atoms with Crippen LogP contribution in [0.2, 0.25) is 0 Å². The van der Waals surface area contributed by atoms with Gasteiger partial charge in [0.25, 0.3) is 0 Å². The fourth-order valence-electron chi connectivity index (χ4n) is 2.20. The summed E-state index contributed by atoms with van der Waals surface area (Å²) in [6.45, 7) is 3.77. The molecule has 2 aliphatic rings. The highest BCUT2D eigenvalue weighted by atomic mass is 16.3. The Labute approximate surface area is 86.5 Å². The maximum absolute atomic E-state index is 9.24. The fraction of sp³-hybridized carbons (Fsp3) is 1.00. The van der Waals surface area contributed by atoms with Gasteiger partial charge in [-0.2, -0.15) is 0 Å². The SMILES string of the molecule is OCC(CN1CCCCC1)NC1CC1. The third-order valence-electron chi connectivity index (χ3n) is 3.20. The summed E-state index contributed by atoms with van der Waals surface area (Å²) < 4.78 is 0. The van der Waals surface area contributed by atoms with Gasteiger partial charge < -0.3 is 15.3 Å². The summed E-state index contributed by atoms with van der Waals surface area (Å²) in [4.78, 5) is 2.49. The normalized spacial score (nSPS) is 26.4. The van der Waals surface area contributed by atoms with Crippen LogP contribution < -0.4 is 5.32 Å². The van der Waals surface area contributed by atoms with E-state index in [-0.39, 0.29) is 6.61 Å². The van der Waals surface area contributed by atoms with Crippen LogP contribution in [0.4, 0.5) is 0 Å². The standard InChI is InChI=1S/C11H22N2O/c14-9-11(12-10-4-5-10)8-13-6-2-1-3-7-13/h10-12,14H,1-9H2. The van der Waals surface area contributed by atoms with E-state index < -0.39 is 0 Å². The Kier molecular flexibility index (Phi) is 3.79. The Balaban J connectivity index is 1.68. The molecule has 1 saturated heterocycles. The minimum absolute atomic E-state index is 0.285. The molecule has 82 valence electrons. The lowest BCUT2D eigenvalue weighted by Gasteiger charge is -2.30. The zero-order valence-corrected chi connectivity index (χ0v) is 8.91. The topological polar surface area (TPSA) is 35.5 Å². The monoisotopic (exact) mass is 198 g/mol. The molecule has 0 aromatic rings. The Bertz CT molecular complexity index is 165. The first kappa shape index (κ1) is 10.4. The minimum Gasteiger partial charge on any atom is -0.395 e. The smallest absolute Gasteiger partial charge is 0.0597 e. The molecule has 1 atom stereocenters. The number of aliphatic hydroxyl groups excluding tert-OH is 1. The maximum Gasteiger partial charge on any atom is 0.0597 e. The van der Waals surface area contributed by atoms with Gasteiger partial charge in [0, 0.05) is 18.6 Å². The number of hydrogen-bond acceptors (Lipinski definition) is 3. The second-order valence-corrected chi connectivity index (χ2v) is 4.68. The van der Waals surface area contributed by atoms with Gasteiger partial charge in [0.05, 0.1) is 6.61 Å². The molecule has 0 spiro atoms. The van der Waals surface area contributed by atoms with E-state index in [0.717, 1.165) is 6.54 Å². The van der Waals surface area contributed by atoms with E-state index in [9.17, 15) is 5.11 Å². The Morgan fingerprint density at radius 3 is 2.50 bits per heavy atom. The molecule has 1 aliphatic heterocycles. The molecule has 0 amide bonds. The molecule has 0 bridgehead atoms. The second-order valence-electron chi connectivity index (χ2n) is 4.68. The van der Waals surface area contributed by atoms with Gasteiger partial charge in [0.2, 0.25) is 0 Å². The maximum atomic E-state index is 9.24. The van der Waals surface area contributed by atoms with Crippen molar-refractivity contribution in [2.75, 3.05) is 26.2 Å². The molecular formula is C11H22N2O. The van der Waals surface area contributed by atoms with E-state index in [1.165, 1.54) is 45.2 Å². The van der Waals surface area contributed by atoms with Gasteiger partial charge in [-0.05, 0) is 38.8 Å². The van der Waals surface area contributed by atoms with Gasteiger partial charge in [-0.1, -0.05) is 6.42 Å². The Hall–Kier alpha value is -0.120. The van der Waals surface area contributed by atoms with Crippen LogP contribution in [-0.4, -0.2) is 48.3 Å². The fourth-order valence-corrected chi connectivity index (χ4v) is 2.20. The lowest BCUT2D eigenvalue weighted by molar-refractivity contribution is 0.162. The Morgan fingerprint density at radius 2 is 1.93 bits per heavy atom. The number of hydrogen-bond donors (Lipinski definition) is 2. The number of likely N-dealkylation sites (tertiary alicyclic amines) is 1. The third kappa shape index (κ3) is 3.23. The predicted molar refractivity (Wildman–Crippen MR) is 57.3 cm³/mol. The van der Waals surface area contributed by atoms with Crippen LogP contribution in [0.5, 0.6) is 0 Å². The summed E-state index contributed by atoms with van der Waals surface area (Å²) in [6.07, 6.45) is 6.66. The zero-order chi connectivity index (χ0) is 9.80. The first-order valence-electron chi connectivity index (χ1n) is 5.98. The highest BCUT2D eigenvalue weighted by molar-refractivity contribution is 4.86. The molecule has 1 saturated carbocycles. The lowest BCUT2D eigenvalue weighted by atomic mass is 10.1. The molecule has 1 heterocycles. The van der Waals surface area contributed by atoms with E-state index >= 15 is 0 Å². The molecule has 0 aromatic carbocycles. The highest BCUT2D eigenvalue weighted by Crippen LogP contribution is 2.19. The second kappa shape index (κ2) is 5.10. The van der Waals surface area contributed by atoms with Crippen molar-refractivity contribution in [3.8, 4) is 0 Å². The van der Waals surface area contributed by atoms with Gasteiger partial charge in [0.1, 0.15) is 0 Å². The van der Waals surface area contributed by atoms with Crippen molar-refractivity contribution in [3.63, 3.8) is 0 Å². The van der Waals surface area contributed by atoms with Gasteiger partial charge >= 0.3 is 0 Å². The first-order chi connectivity index (χ1) is 6.88. The molecule has 0 aromatic heterocycles. The van der Waals surface area contributed by atoms with Crippen LogP contribution in [0, 0.1) is 0 Å². The van der Waals surface area contributed by atoms with Crippen molar-refractivity contribution in [2.45, 2.75) is 44.2 Å². The molecule has 3 heteroatoms. The van der Waals surface area contributed by atoms with E-state index in [2.05, 4.69) is 10.2 Å². The molecule has 1 aliphatic carbocycles. The largest absolute Gasteiger partial charge is 0.395 e. The quantitative estimate of drug-likeness (QED) is 0.678. The number of aliphatic hydroxyl groups is 1. The van der Waals surface area contributed by atoms with Gasteiger partial charge in [-0.25, -0.2) is 0 Å². The van der Waals surface area contributed by atoms with Crippen molar-refractivity contribution in [2.24, 2.45) is 0 Å².